The Balaban J connectivity index is 1.17. The van der Waals surface area contributed by atoms with Crippen LogP contribution in [-0.4, -0.2) is 77.0 Å². The average Bonchev–Trinajstić information content (AvgIpc) is 3.21. The molecule has 2 atom stereocenters. The van der Waals surface area contributed by atoms with E-state index in [9.17, 15) is 14.0 Å². The topological polar surface area (TPSA) is 67.7 Å². The Bertz CT molecular complexity index is 954. The van der Waals surface area contributed by atoms with E-state index in [0.29, 0.717) is 38.5 Å². The predicted octanol–water partition coefficient (Wildman–Crippen LogP) is 2.72. The molecule has 7 nitrogen and oxygen atoms in total. The summed E-state index contributed by atoms with van der Waals surface area (Å²) < 4.78 is 20.0. The molecule has 164 valence electrons. The van der Waals surface area contributed by atoms with Crippen LogP contribution in [0.3, 0.4) is 0 Å². The van der Waals surface area contributed by atoms with Gasteiger partial charge in [0.1, 0.15) is 13.3 Å². The van der Waals surface area contributed by atoms with Crippen molar-refractivity contribution in [1.29, 1.82) is 0 Å². The lowest BCUT2D eigenvalue weighted by molar-refractivity contribution is -0.140. The molecule has 0 radical (unpaired) electrons. The summed E-state index contributed by atoms with van der Waals surface area (Å²) >= 11 is 0. The zero-order valence-corrected chi connectivity index (χ0v) is 17.5. The van der Waals surface area contributed by atoms with Crippen molar-refractivity contribution in [1.82, 2.24) is 19.6 Å². The van der Waals surface area contributed by atoms with Gasteiger partial charge in [-0.25, -0.2) is 9.18 Å². The first kappa shape index (κ1) is 20.2. The van der Waals surface area contributed by atoms with E-state index in [0.717, 1.165) is 17.7 Å². The van der Waals surface area contributed by atoms with Gasteiger partial charge in [0, 0.05) is 50.6 Å². The molecule has 2 aromatic rings. The van der Waals surface area contributed by atoms with Gasteiger partial charge in [0.25, 0.3) is 0 Å². The van der Waals surface area contributed by atoms with Gasteiger partial charge in [-0.1, -0.05) is 24.3 Å². The maximum Gasteiger partial charge on any atom is 0.320 e. The third-order valence-corrected chi connectivity index (χ3v) is 6.73. The summed E-state index contributed by atoms with van der Waals surface area (Å²) in [5.74, 6) is 0.594. The molecule has 3 fully saturated rings. The Labute approximate surface area is 180 Å². The molecular weight excluding hydrogens is 399 g/mol. The zero-order valence-electron chi connectivity index (χ0n) is 17.5. The molecular formula is C23H27FN4O3. The molecule has 1 aromatic carbocycles. The number of halogens is 1. The maximum atomic E-state index is 12.9. The van der Waals surface area contributed by atoms with E-state index in [2.05, 4.69) is 17.2 Å². The highest BCUT2D eigenvalue weighted by molar-refractivity contribution is 5.81. The molecule has 3 aliphatic heterocycles. The molecule has 1 aromatic heterocycles. The van der Waals surface area contributed by atoms with Crippen molar-refractivity contribution >= 4 is 11.8 Å². The first-order chi connectivity index (χ1) is 15.1. The lowest BCUT2D eigenvalue weighted by atomic mass is 9.87. The summed E-state index contributed by atoms with van der Waals surface area (Å²) in [6.07, 6.45) is 3.13. The Kier molecular flexibility index (Phi) is 5.48. The first-order valence-corrected chi connectivity index (χ1v) is 11.0. The van der Waals surface area contributed by atoms with E-state index in [4.69, 9.17) is 4.74 Å². The van der Waals surface area contributed by atoms with Gasteiger partial charge in [0.15, 0.2) is 5.78 Å². The van der Waals surface area contributed by atoms with Gasteiger partial charge in [-0.05, 0) is 23.6 Å². The van der Waals surface area contributed by atoms with Gasteiger partial charge < -0.3 is 14.5 Å². The smallest absolute Gasteiger partial charge is 0.320 e. The molecule has 0 bridgehead atoms. The van der Waals surface area contributed by atoms with Crippen molar-refractivity contribution in [2.45, 2.75) is 31.4 Å². The third-order valence-electron chi connectivity index (χ3n) is 6.73. The number of amides is 2. The van der Waals surface area contributed by atoms with Crippen molar-refractivity contribution < 1.29 is 18.7 Å². The Hall–Kier alpha value is -2.74. The number of carbonyl (C=O) groups is 2. The first-order valence-electron chi connectivity index (χ1n) is 11.0. The molecule has 3 saturated heterocycles. The molecule has 0 saturated carbocycles. The second-order valence-corrected chi connectivity index (χ2v) is 8.72. The average molecular weight is 426 g/mol. The number of carbonyl (C=O) groups excluding carboxylic acids is 2. The summed E-state index contributed by atoms with van der Waals surface area (Å²) in [4.78, 5) is 28.4. The Morgan fingerprint density at radius 1 is 1.13 bits per heavy atom. The molecule has 2 amide bonds. The summed E-state index contributed by atoms with van der Waals surface area (Å²) in [7, 11) is 0. The van der Waals surface area contributed by atoms with Crippen molar-refractivity contribution in [2.24, 2.45) is 5.92 Å². The number of ketones is 1. The number of Topliss-reactive ketones (excluding diaryl/α,β-unsaturated/α-hetero) is 1. The fourth-order valence-corrected chi connectivity index (χ4v) is 4.96. The number of rotatable bonds is 4. The summed E-state index contributed by atoms with van der Waals surface area (Å²) in [6, 6.07) is 10.2. The number of benzene rings is 1. The number of hydrogen-bond acceptors (Lipinski definition) is 4. The second kappa shape index (κ2) is 8.42. The van der Waals surface area contributed by atoms with Gasteiger partial charge in [0.05, 0.1) is 18.3 Å². The van der Waals surface area contributed by atoms with Crippen molar-refractivity contribution in [3.63, 3.8) is 0 Å². The van der Waals surface area contributed by atoms with E-state index in [-0.39, 0.29) is 37.0 Å². The SMILES string of the molecule is O=C1CO[C@H]2CCN(C(=O)N3CC(c4ccc(-c5ccnn5CCF)cc4)C3)C[C@H]2C1. The molecule has 8 heteroatoms. The highest BCUT2D eigenvalue weighted by Crippen LogP contribution is 2.32. The normalized spacial score (nSPS) is 24.1. The van der Waals surface area contributed by atoms with Crippen LogP contribution in [0.5, 0.6) is 0 Å². The van der Waals surface area contributed by atoms with Gasteiger partial charge in [-0.15, -0.1) is 0 Å². The van der Waals surface area contributed by atoms with Crippen molar-refractivity contribution in [3.8, 4) is 11.3 Å². The van der Waals surface area contributed by atoms with Crippen LogP contribution in [0.4, 0.5) is 9.18 Å². The van der Waals surface area contributed by atoms with Crippen LogP contribution in [0.2, 0.25) is 0 Å². The second-order valence-electron chi connectivity index (χ2n) is 8.72. The van der Waals surface area contributed by atoms with Crippen molar-refractivity contribution in [3.05, 3.63) is 42.1 Å². The molecule has 0 N–H and O–H groups in total. The highest BCUT2D eigenvalue weighted by atomic mass is 19.1. The number of likely N-dealkylation sites (tertiary alicyclic amines) is 2. The number of aryl methyl sites for hydroxylation is 1. The summed E-state index contributed by atoms with van der Waals surface area (Å²) in [5, 5.41) is 4.17. The third kappa shape index (κ3) is 3.96. The van der Waals surface area contributed by atoms with E-state index in [1.165, 1.54) is 5.56 Å². The van der Waals surface area contributed by atoms with Crippen molar-refractivity contribution in [2.75, 3.05) is 39.5 Å². The molecule has 0 spiro atoms. The Morgan fingerprint density at radius 2 is 1.94 bits per heavy atom. The lowest BCUT2D eigenvalue weighted by Gasteiger charge is -2.46. The van der Waals surface area contributed by atoms with Crippen LogP contribution in [0, 0.1) is 5.92 Å². The number of aromatic nitrogens is 2. The summed E-state index contributed by atoms with van der Waals surface area (Å²) in [6.45, 7) is 2.74. The number of urea groups is 1. The van der Waals surface area contributed by atoms with Gasteiger partial charge in [-0.3, -0.25) is 9.48 Å². The number of ether oxygens (including phenoxy) is 1. The van der Waals surface area contributed by atoms with Crippen LogP contribution < -0.4 is 0 Å². The largest absolute Gasteiger partial charge is 0.370 e. The fourth-order valence-electron chi connectivity index (χ4n) is 4.96. The van der Waals surface area contributed by atoms with Gasteiger partial charge >= 0.3 is 6.03 Å². The number of nitrogens with zero attached hydrogens (tertiary/aromatic N) is 4. The van der Waals surface area contributed by atoms with E-state index in [1.54, 1.807) is 10.9 Å². The molecule has 0 aliphatic carbocycles. The van der Waals surface area contributed by atoms with Crippen LogP contribution in [0.1, 0.15) is 24.3 Å². The molecule has 31 heavy (non-hydrogen) atoms. The quantitative estimate of drug-likeness (QED) is 0.754. The minimum atomic E-state index is -0.444. The number of alkyl halides is 1. The van der Waals surface area contributed by atoms with E-state index < -0.39 is 6.67 Å². The number of hydrogen-bond donors (Lipinski definition) is 0. The van der Waals surface area contributed by atoms with Gasteiger partial charge in [0.2, 0.25) is 0 Å². The van der Waals surface area contributed by atoms with E-state index in [1.807, 2.05) is 28.0 Å². The minimum Gasteiger partial charge on any atom is -0.370 e. The number of piperidine rings is 1. The predicted molar refractivity (Wildman–Crippen MR) is 112 cm³/mol. The van der Waals surface area contributed by atoms with Crippen LogP contribution in [0.25, 0.3) is 11.3 Å². The zero-order chi connectivity index (χ0) is 21.4. The van der Waals surface area contributed by atoms with Crippen LogP contribution in [0.15, 0.2) is 36.5 Å². The molecule has 3 aliphatic rings. The maximum absolute atomic E-state index is 12.9. The molecule has 5 rings (SSSR count). The summed E-state index contributed by atoms with van der Waals surface area (Å²) in [5.41, 5.74) is 3.12. The van der Waals surface area contributed by atoms with Crippen LogP contribution >= 0.6 is 0 Å². The monoisotopic (exact) mass is 426 g/mol. The molecule has 4 heterocycles. The standard InChI is InChI=1S/C23H27FN4O3/c24-7-10-28-21(5-8-25-28)17-3-1-16(2-4-17)19-13-27(14-19)23(30)26-9-6-22-18(12-26)11-20(29)15-31-22/h1-5,8,18-19,22H,6-7,9-15H2/t18-,22+/m1/s1. The lowest BCUT2D eigenvalue weighted by Crippen LogP contribution is -2.58. The minimum absolute atomic E-state index is 0.0690. The van der Waals surface area contributed by atoms with Gasteiger partial charge in [-0.2, -0.15) is 5.10 Å². The van der Waals surface area contributed by atoms with Crippen LogP contribution in [-0.2, 0) is 16.1 Å². The fraction of sp³-hybridized carbons (Fsp3) is 0.522. The highest BCUT2D eigenvalue weighted by Gasteiger charge is 2.40. The van der Waals surface area contributed by atoms with E-state index >= 15 is 0 Å². The molecule has 0 unspecified atom stereocenters. The Morgan fingerprint density at radius 3 is 2.71 bits per heavy atom. The number of fused-ring (bicyclic) bond motifs is 1.